The van der Waals surface area contributed by atoms with Crippen molar-refractivity contribution in [3.05, 3.63) is 157 Å². The van der Waals surface area contributed by atoms with Crippen molar-refractivity contribution in [2.24, 2.45) is 0 Å². The highest BCUT2D eigenvalue weighted by Crippen LogP contribution is 2.55. The Labute approximate surface area is 202 Å². The third-order valence-electron chi connectivity index (χ3n) is 6.56. The van der Waals surface area contributed by atoms with Gasteiger partial charge in [0.1, 0.15) is 0 Å². The molecule has 0 heterocycles. The molecule has 1 heteroatoms. The molecule has 0 nitrogen and oxygen atoms in total. The molecule has 0 amide bonds. The molecule has 0 unspecified atom stereocenters. The maximum Gasteiger partial charge on any atom is 0.0384 e. The summed E-state index contributed by atoms with van der Waals surface area (Å²) in [4.78, 5) is 0. The average molecular weight is 453 g/mol. The molecule has 0 bridgehead atoms. The zero-order valence-electron chi connectivity index (χ0n) is 18.9. The van der Waals surface area contributed by atoms with Crippen molar-refractivity contribution in [3.8, 4) is 0 Å². The van der Waals surface area contributed by atoms with Crippen molar-refractivity contribution in [3.63, 3.8) is 0 Å². The Balaban J connectivity index is 1.71. The summed E-state index contributed by atoms with van der Waals surface area (Å²) in [6, 6.07) is 53.4. The van der Waals surface area contributed by atoms with Crippen molar-refractivity contribution < 1.29 is 0 Å². The van der Waals surface area contributed by atoms with E-state index in [4.69, 9.17) is 0 Å². The van der Waals surface area contributed by atoms with Crippen LogP contribution in [0.4, 0.5) is 0 Å². The Hall–Kier alpha value is -3.73. The van der Waals surface area contributed by atoms with Crippen molar-refractivity contribution in [2.75, 3.05) is 0 Å². The average Bonchev–Trinajstić information content (AvgIpc) is 2.92. The van der Waals surface area contributed by atoms with Crippen molar-refractivity contribution >= 4 is 40.1 Å². The Morgan fingerprint density at radius 1 is 0.353 bits per heavy atom. The second-order valence-corrected chi connectivity index (χ2v) is 10.9. The van der Waals surface area contributed by atoms with Crippen LogP contribution in [0.5, 0.6) is 0 Å². The molecule has 0 atom stereocenters. The predicted molar refractivity (Wildman–Crippen MR) is 149 cm³/mol. The molecule has 162 valence electrons. The van der Waals surface area contributed by atoms with Crippen LogP contribution in [0.3, 0.4) is 0 Å². The van der Waals surface area contributed by atoms with Gasteiger partial charge in [-0.3, -0.25) is 0 Å². The maximum absolute atomic E-state index is 2.34. The lowest BCUT2D eigenvalue weighted by molar-refractivity contribution is 1.18. The molecule has 0 aliphatic carbocycles. The van der Waals surface area contributed by atoms with Crippen LogP contribution in [0.15, 0.2) is 146 Å². The highest BCUT2D eigenvalue weighted by molar-refractivity contribution is 7.73. The molecule has 6 rings (SSSR count). The lowest BCUT2D eigenvalue weighted by Crippen LogP contribution is -2.18. The number of benzene rings is 6. The normalized spacial score (nSPS) is 11.5. The number of hydrogen-bond acceptors (Lipinski definition) is 0. The van der Waals surface area contributed by atoms with E-state index in [-0.39, 0.29) is 5.66 Å². The lowest BCUT2D eigenvalue weighted by atomic mass is 9.94. The van der Waals surface area contributed by atoms with Gasteiger partial charge in [-0.2, -0.15) is 0 Å². The molecule has 0 aromatic heterocycles. The van der Waals surface area contributed by atoms with Crippen molar-refractivity contribution in [1.82, 2.24) is 0 Å². The highest BCUT2D eigenvalue weighted by atomic mass is 31.1. The number of rotatable bonds is 5. The summed E-state index contributed by atoms with van der Waals surface area (Å²) >= 11 is 0. The van der Waals surface area contributed by atoms with E-state index in [9.17, 15) is 0 Å². The Kier molecular flexibility index (Phi) is 5.68. The zero-order valence-corrected chi connectivity index (χ0v) is 19.8. The number of hydrogen-bond donors (Lipinski definition) is 0. The van der Waals surface area contributed by atoms with E-state index in [1.165, 1.54) is 43.3 Å². The first-order chi connectivity index (χ1) is 16.9. The van der Waals surface area contributed by atoms with Crippen LogP contribution in [-0.4, -0.2) is 0 Å². The van der Waals surface area contributed by atoms with E-state index in [0.29, 0.717) is 0 Å². The summed E-state index contributed by atoms with van der Waals surface area (Å²) in [6.45, 7) is 0. The molecule has 0 spiro atoms. The van der Waals surface area contributed by atoms with Gasteiger partial charge in [0.25, 0.3) is 0 Å². The third-order valence-corrected chi connectivity index (χ3v) is 9.34. The Morgan fingerprint density at radius 2 is 0.735 bits per heavy atom. The molecule has 34 heavy (non-hydrogen) atoms. The second-order valence-electron chi connectivity index (χ2n) is 8.58. The standard InChI is InChI=1S/C33H25P/c1-3-17-27(18-4-1)34(28-19-5-2-6-20-28)33(31-23-11-15-25-13-7-9-21-29(25)31)32-24-12-16-26-14-8-10-22-30(26)32/h1-24,33H. The van der Waals surface area contributed by atoms with E-state index < -0.39 is 7.92 Å². The summed E-state index contributed by atoms with van der Waals surface area (Å²) in [5, 5.41) is 8.05. The van der Waals surface area contributed by atoms with Gasteiger partial charge in [-0.1, -0.05) is 146 Å². The monoisotopic (exact) mass is 452 g/mol. The largest absolute Gasteiger partial charge is 0.0622 e. The van der Waals surface area contributed by atoms with Crippen LogP contribution in [0, 0.1) is 0 Å². The van der Waals surface area contributed by atoms with Crippen LogP contribution < -0.4 is 10.6 Å². The van der Waals surface area contributed by atoms with Gasteiger partial charge in [0, 0.05) is 5.66 Å². The Morgan fingerprint density at radius 3 is 1.21 bits per heavy atom. The van der Waals surface area contributed by atoms with Crippen molar-refractivity contribution in [1.29, 1.82) is 0 Å². The summed E-state index contributed by atoms with van der Waals surface area (Å²) in [6.07, 6.45) is 0. The molecular weight excluding hydrogens is 427 g/mol. The van der Waals surface area contributed by atoms with Gasteiger partial charge in [0.15, 0.2) is 0 Å². The highest BCUT2D eigenvalue weighted by Gasteiger charge is 2.30. The first-order valence-electron chi connectivity index (χ1n) is 11.7. The first kappa shape index (κ1) is 20.8. The minimum Gasteiger partial charge on any atom is -0.0622 e. The van der Waals surface area contributed by atoms with Crippen LogP contribution in [0.25, 0.3) is 21.5 Å². The fourth-order valence-electron chi connectivity index (χ4n) is 5.05. The van der Waals surface area contributed by atoms with Gasteiger partial charge in [0.05, 0.1) is 0 Å². The zero-order chi connectivity index (χ0) is 22.7. The topological polar surface area (TPSA) is 0 Å². The predicted octanol–water partition coefficient (Wildman–Crippen LogP) is 8.22. The molecular formula is C33H25P. The van der Waals surface area contributed by atoms with E-state index in [2.05, 4.69) is 146 Å². The molecule has 0 saturated carbocycles. The van der Waals surface area contributed by atoms with E-state index in [1.54, 1.807) is 0 Å². The smallest absolute Gasteiger partial charge is 0.0384 e. The fourth-order valence-corrected chi connectivity index (χ4v) is 7.94. The maximum atomic E-state index is 2.34. The molecule has 6 aromatic rings. The SMILES string of the molecule is c1ccc(P(c2ccccc2)C(c2cccc3ccccc23)c2cccc3ccccc23)cc1. The quantitative estimate of drug-likeness (QED) is 0.231. The lowest BCUT2D eigenvalue weighted by Gasteiger charge is -2.31. The van der Waals surface area contributed by atoms with Crippen LogP contribution in [0.2, 0.25) is 0 Å². The molecule has 0 aliphatic heterocycles. The first-order valence-corrected chi connectivity index (χ1v) is 13.2. The van der Waals surface area contributed by atoms with Gasteiger partial charge in [0.2, 0.25) is 0 Å². The molecule has 0 saturated heterocycles. The fraction of sp³-hybridized carbons (Fsp3) is 0.0303. The van der Waals surface area contributed by atoms with Gasteiger partial charge in [-0.05, 0) is 51.2 Å². The minimum atomic E-state index is -0.713. The summed E-state index contributed by atoms with van der Waals surface area (Å²) in [5.74, 6) is 0. The number of fused-ring (bicyclic) bond motifs is 2. The molecule has 0 radical (unpaired) electrons. The Bertz CT molecular complexity index is 1420. The molecule has 0 aliphatic rings. The minimum absolute atomic E-state index is 0.219. The third kappa shape index (κ3) is 3.81. The molecule has 0 fully saturated rings. The van der Waals surface area contributed by atoms with Crippen molar-refractivity contribution in [2.45, 2.75) is 5.66 Å². The summed E-state index contributed by atoms with van der Waals surface area (Å²) in [7, 11) is -0.713. The van der Waals surface area contributed by atoms with E-state index >= 15 is 0 Å². The van der Waals surface area contributed by atoms with E-state index in [0.717, 1.165) is 0 Å². The molecule has 0 N–H and O–H groups in total. The van der Waals surface area contributed by atoms with Crippen LogP contribution in [0.1, 0.15) is 16.8 Å². The van der Waals surface area contributed by atoms with Gasteiger partial charge < -0.3 is 0 Å². The molecule has 6 aromatic carbocycles. The van der Waals surface area contributed by atoms with Gasteiger partial charge in [-0.15, -0.1) is 0 Å². The van der Waals surface area contributed by atoms with Crippen LogP contribution >= 0.6 is 7.92 Å². The van der Waals surface area contributed by atoms with Gasteiger partial charge in [-0.25, -0.2) is 0 Å². The summed E-state index contributed by atoms with van der Waals surface area (Å²) < 4.78 is 0. The van der Waals surface area contributed by atoms with Crippen LogP contribution in [-0.2, 0) is 0 Å². The second kappa shape index (κ2) is 9.26. The van der Waals surface area contributed by atoms with Gasteiger partial charge >= 0.3 is 0 Å². The van der Waals surface area contributed by atoms with E-state index in [1.807, 2.05) is 0 Å². The summed E-state index contributed by atoms with van der Waals surface area (Å²) in [5.41, 5.74) is 3.01.